The van der Waals surface area contributed by atoms with Crippen LogP contribution in [0.5, 0.6) is 0 Å². The van der Waals surface area contributed by atoms with Crippen molar-refractivity contribution in [2.45, 2.75) is 46.5 Å². The number of halogens is 1. The Morgan fingerprint density at radius 1 is 1.28 bits per heavy atom. The number of nitrogens with one attached hydrogen (secondary N) is 1. The van der Waals surface area contributed by atoms with Crippen LogP contribution in [0.3, 0.4) is 0 Å². The molecule has 1 heterocycles. The van der Waals surface area contributed by atoms with Crippen LogP contribution in [0, 0.1) is 5.41 Å². The van der Waals surface area contributed by atoms with Crippen LogP contribution >= 0.6 is 11.6 Å². The highest BCUT2D eigenvalue weighted by Crippen LogP contribution is 2.47. The number of hydrogen-bond donors (Lipinski definition) is 1. The molecule has 3 rings (SSSR count). The maximum absolute atomic E-state index is 13.2. The number of ketones is 1. The molecule has 2 aliphatic rings. The minimum absolute atomic E-state index is 0.0563. The van der Waals surface area contributed by atoms with E-state index in [4.69, 9.17) is 21.1 Å². The molecule has 0 amide bonds. The lowest BCUT2D eigenvalue weighted by Crippen LogP contribution is -2.38. The zero-order valence-corrected chi connectivity index (χ0v) is 18.2. The number of allylic oxidation sites excluding steroid dienone is 3. The molecule has 1 aliphatic heterocycles. The van der Waals surface area contributed by atoms with Crippen LogP contribution in [0.4, 0.5) is 0 Å². The van der Waals surface area contributed by atoms with Crippen molar-refractivity contribution in [3.05, 3.63) is 57.4 Å². The highest BCUT2D eigenvalue weighted by atomic mass is 35.5. The Morgan fingerprint density at radius 2 is 2.03 bits per heavy atom. The molecule has 1 aromatic rings. The van der Waals surface area contributed by atoms with Crippen LogP contribution in [0.1, 0.15) is 52.0 Å². The van der Waals surface area contributed by atoms with E-state index in [0.29, 0.717) is 41.5 Å². The molecule has 29 heavy (non-hydrogen) atoms. The van der Waals surface area contributed by atoms with Crippen LogP contribution in [0.15, 0.2) is 46.8 Å². The first kappa shape index (κ1) is 21.6. The summed E-state index contributed by atoms with van der Waals surface area (Å²) in [6, 6.07) is 7.34. The van der Waals surface area contributed by atoms with Gasteiger partial charge in [-0.25, -0.2) is 4.79 Å². The lowest BCUT2D eigenvalue weighted by molar-refractivity contribution is -0.140. The molecule has 1 N–H and O–H groups in total. The predicted octanol–water partition coefficient (Wildman–Crippen LogP) is 4.52. The second-order valence-corrected chi connectivity index (χ2v) is 8.75. The summed E-state index contributed by atoms with van der Waals surface area (Å²) in [5.41, 5.74) is 3.39. The first-order valence-corrected chi connectivity index (χ1v) is 10.4. The Morgan fingerprint density at radius 3 is 2.72 bits per heavy atom. The van der Waals surface area contributed by atoms with Crippen molar-refractivity contribution < 1.29 is 19.1 Å². The molecule has 1 aromatic carbocycles. The number of esters is 1. The van der Waals surface area contributed by atoms with Gasteiger partial charge in [0.2, 0.25) is 0 Å². The highest BCUT2D eigenvalue weighted by Gasteiger charge is 2.43. The van der Waals surface area contributed by atoms with E-state index in [1.807, 2.05) is 32.0 Å². The Kier molecular flexibility index (Phi) is 6.49. The van der Waals surface area contributed by atoms with E-state index in [-0.39, 0.29) is 17.8 Å². The molecular weight excluding hydrogens is 390 g/mol. The van der Waals surface area contributed by atoms with E-state index < -0.39 is 11.9 Å². The lowest BCUT2D eigenvalue weighted by Gasteiger charge is -2.39. The number of rotatable bonds is 6. The molecule has 6 heteroatoms. The van der Waals surface area contributed by atoms with Gasteiger partial charge >= 0.3 is 5.97 Å². The van der Waals surface area contributed by atoms with Crippen molar-refractivity contribution in [3.63, 3.8) is 0 Å². The van der Waals surface area contributed by atoms with Gasteiger partial charge in [0.05, 0.1) is 12.2 Å². The Labute approximate surface area is 177 Å². The van der Waals surface area contributed by atoms with E-state index >= 15 is 0 Å². The standard InChI is InChI=1S/C23H28ClNO4/c1-5-28-9-10-29-22(27)19-14(2)25-17-12-23(3,4)13-18(26)21(17)20(19)15-7-6-8-16(24)11-15/h6-8,11,20,25H,5,9-10,12-13H2,1-4H3/t20-/m0/s1. The lowest BCUT2D eigenvalue weighted by atomic mass is 9.68. The first-order valence-electron chi connectivity index (χ1n) is 9.98. The Bertz CT molecular complexity index is 885. The number of Topliss-reactive ketones (excluding diaryl/α,β-unsaturated/α-hetero) is 1. The zero-order chi connectivity index (χ0) is 21.2. The third-order valence-electron chi connectivity index (χ3n) is 5.31. The number of dihydropyridines is 1. The molecule has 0 radical (unpaired) electrons. The van der Waals surface area contributed by atoms with Crippen LogP contribution in [-0.4, -0.2) is 31.6 Å². The minimum atomic E-state index is -0.492. The average Bonchev–Trinajstić information content (AvgIpc) is 2.63. The van der Waals surface area contributed by atoms with E-state index in [9.17, 15) is 9.59 Å². The van der Waals surface area contributed by atoms with Gasteiger partial charge in [-0.15, -0.1) is 0 Å². The fraction of sp³-hybridized carbons (Fsp3) is 0.478. The van der Waals surface area contributed by atoms with E-state index in [2.05, 4.69) is 19.2 Å². The van der Waals surface area contributed by atoms with E-state index in [0.717, 1.165) is 17.7 Å². The fourth-order valence-corrected chi connectivity index (χ4v) is 4.34. The molecule has 1 aliphatic carbocycles. The average molecular weight is 418 g/mol. The van der Waals surface area contributed by atoms with Crippen LogP contribution in [-0.2, 0) is 19.1 Å². The van der Waals surface area contributed by atoms with Gasteiger partial charge in [0.1, 0.15) is 6.61 Å². The number of ether oxygens (including phenoxy) is 2. The topological polar surface area (TPSA) is 64.6 Å². The van der Waals surface area contributed by atoms with Crippen molar-refractivity contribution in [1.29, 1.82) is 0 Å². The summed E-state index contributed by atoms with van der Waals surface area (Å²) in [7, 11) is 0. The van der Waals surface area contributed by atoms with E-state index in [1.54, 1.807) is 6.07 Å². The van der Waals surface area contributed by atoms with Crippen LogP contribution < -0.4 is 5.32 Å². The van der Waals surface area contributed by atoms with E-state index in [1.165, 1.54) is 0 Å². The Hall–Kier alpha value is -2.11. The van der Waals surface area contributed by atoms with Crippen LogP contribution in [0.2, 0.25) is 5.02 Å². The summed E-state index contributed by atoms with van der Waals surface area (Å²) >= 11 is 6.24. The largest absolute Gasteiger partial charge is 0.460 e. The summed E-state index contributed by atoms with van der Waals surface area (Å²) in [4.78, 5) is 26.2. The highest BCUT2D eigenvalue weighted by molar-refractivity contribution is 6.30. The smallest absolute Gasteiger partial charge is 0.336 e. The third kappa shape index (κ3) is 4.73. The maximum Gasteiger partial charge on any atom is 0.336 e. The Balaban J connectivity index is 2.03. The van der Waals surface area contributed by atoms with Gasteiger partial charge in [-0.1, -0.05) is 37.6 Å². The van der Waals surface area contributed by atoms with Crippen molar-refractivity contribution in [2.24, 2.45) is 5.41 Å². The molecule has 0 aromatic heterocycles. The van der Waals surface area contributed by atoms with Gasteiger partial charge in [-0.3, -0.25) is 4.79 Å². The normalized spacial score (nSPS) is 21.0. The summed E-state index contributed by atoms with van der Waals surface area (Å²) in [5.74, 6) is -0.877. The molecule has 0 bridgehead atoms. The van der Waals surface area contributed by atoms with Crippen molar-refractivity contribution in [2.75, 3.05) is 19.8 Å². The van der Waals surface area contributed by atoms with Gasteiger partial charge in [0.25, 0.3) is 0 Å². The summed E-state index contributed by atoms with van der Waals surface area (Å²) < 4.78 is 10.7. The van der Waals surface area contributed by atoms with Gasteiger partial charge in [0.15, 0.2) is 5.78 Å². The van der Waals surface area contributed by atoms with Crippen molar-refractivity contribution in [3.8, 4) is 0 Å². The molecule has 5 nitrogen and oxygen atoms in total. The van der Waals surface area contributed by atoms with Crippen molar-refractivity contribution >= 4 is 23.4 Å². The molecule has 0 spiro atoms. The van der Waals surface area contributed by atoms with Gasteiger partial charge < -0.3 is 14.8 Å². The molecule has 0 unspecified atom stereocenters. The third-order valence-corrected chi connectivity index (χ3v) is 5.54. The van der Waals surface area contributed by atoms with Gasteiger partial charge in [-0.2, -0.15) is 0 Å². The summed E-state index contributed by atoms with van der Waals surface area (Å²) in [6.07, 6.45) is 1.19. The number of hydrogen-bond acceptors (Lipinski definition) is 5. The second kappa shape index (κ2) is 8.72. The molecule has 0 saturated heterocycles. The predicted molar refractivity (Wildman–Crippen MR) is 113 cm³/mol. The molecule has 0 saturated carbocycles. The minimum Gasteiger partial charge on any atom is -0.460 e. The first-order chi connectivity index (χ1) is 13.7. The number of benzene rings is 1. The summed E-state index contributed by atoms with van der Waals surface area (Å²) in [5, 5.41) is 3.89. The number of carbonyl (C=O) groups is 2. The second-order valence-electron chi connectivity index (χ2n) is 8.32. The zero-order valence-electron chi connectivity index (χ0n) is 17.4. The molecule has 156 valence electrons. The monoisotopic (exact) mass is 417 g/mol. The van der Waals surface area contributed by atoms with Gasteiger partial charge in [-0.05, 0) is 43.4 Å². The maximum atomic E-state index is 13.2. The number of carbonyl (C=O) groups excluding carboxylic acids is 2. The summed E-state index contributed by atoms with van der Waals surface area (Å²) in [6.45, 7) is 8.98. The molecule has 1 atom stereocenters. The molecular formula is C23H28ClNO4. The molecule has 0 fully saturated rings. The SMILES string of the molecule is CCOCCOC(=O)C1=C(C)NC2=C(C(=O)CC(C)(C)C2)[C@H]1c1cccc(Cl)c1. The van der Waals surface area contributed by atoms with Crippen LogP contribution in [0.25, 0.3) is 0 Å². The quantitative estimate of drug-likeness (QED) is 0.544. The van der Waals surface area contributed by atoms with Gasteiger partial charge in [0, 0.05) is 40.9 Å². The fourth-order valence-electron chi connectivity index (χ4n) is 4.14. The van der Waals surface area contributed by atoms with Crippen molar-refractivity contribution in [1.82, 2.24) is 5.32 Å².